The molecule has 4 amide bonds. The van der Waals surface area contributed by atoms with E-state index in [0.717, 1.165) is 4.90 Å². The van der Waals surface area contributed by atoms with Crippen LogP contribution in [0.15, 0.2) is 24.3 Å². The molecular weight excluding hydrogens is 366 g/mol. The Hall–Kier alpha value is -3.07. The molecular formula is C19H21N3O6. The number of hydrogen-bond donors (Lipinski definition) is 0. The summed E-state index contributed by atoms with van der Waals surface area (Å²) in [5, 5.41) is 0.380. The van der Waals surface area contributed by atoms with E-state index in [1.54, 1.807) is 45.0 Å². The molecule has 0 aromatic heterocycles. The Labute approximate surface area is 161 Å². The molecule has 0 unspecified atom stereocenters. The van der Waals surface area contributed by atoms with E-state index in [-0.39, 0.29) is 24.0 Å². The molecule has 2 heterocycles. The second-order valence-electron chi connectivity index (χ2n) is 7.44. The lowest BCUT2D eigenvalue weighted by molar-refractivity contribution is -0.213. The number of imide groups is 2. The maximum Gasteiger partial charge on any atom is 0.352 e. The molecule has 1 aromatic rings. The first-order valence-corrected chi connectivity index (χ1v) is 8.81. The molecule has 9 heteroatoms. The molecule has 0 N–H and O–H groups in total. The Bertz CT molecular complexity index is 856. The van der Waals surface area contributed by atoms with Gasteiger partial charge in [-0.05, 0) is 46.5 Å². The molecule has 0 spiro atoms. The van der Waals surface area contributed by atoms with Gasteiger partial charge in [-0.15, -0.1) is 5.06 Å². The molecule has 9 nitrogen and oxygen atoms in total. The Balaban J connectivity index is 1.85. The SMILES string of the molecule is CN(C)C(C)(C)C(=O)ON1C(=O)CC[C@H](N2C(=O)c3ccccc3C2=O)C1=O. The number of likely N-dealkylation sites (N-methyl/N-ethyl adjacent to an activating group) is 1. The largest absolute Gasteiger partial charge is 0.352 e. The third-order valence-electron chi connectivity index (χ3n) is 5.27. The molecule has 2 aliphatic rings. The van der Waals surface area contributed by atoms with E-state index >= 15 is 0 Å². The first kappa shape index (κ1) is 19.7. The van der Waals surface area contributed by atoms with Crippen LogP contribution in [0.2, 0.25) is 0 Å². The second-order valence-corrected chi connectivity index (χ2v) is 7.44. The summed E-state index contributed by atoms with van der Waals surface area (Å²) in [6.45, 7) is 3.16. The van der Waals surface area contributed by atoms with Crippen LogP contribution in [0, 0.1) is 0 Å². The van der Waals surface area contributed by atoms with Crippen molar-refractivity contribution in [2.45, 2.75) is 38.3 Å². The fourth-order valence-corrected chi connectivity index (χ4v) is 2.95. The summed E-state index contributed by atoms with van der Waals surface area (Å²) in [5.41, 5.74) is -0.688. The van der Waals surface area contributed by atoms with E-state index in [4.69, 9.17) is 4.84 Å². The molecule has 1 aromatic carbocycles. The number of fused-ring (bicyclic) bond motifs is 1. The number of piperidine rings is 1. The predicted molar refractivity (Wildman–Crippen MR) is 95.7 cm³/mol. The number of rotatable bonds is 4. The smallest absolute Gasteiger partial charge is 0.328 e. The van der Waals surface area contributed by atoms with Gasteiger partial charge in [0.15, 0.2) is 0 Å². The van der Waals surface area contributed by atoms with Crippen LogP contribution in [0.3, 0.4) is 0 Å². The fraction of sp³-hybridized carbons (Fsp3) is 0.421. The molecule has 1 fully saturated rings. The zero-order chi connectivity index (χ0) is 20.8. The molecule has 148 valence electrons. The minimum atomic E-state index is -1.21. The fourth-order valence-electron chi connectivity index (χ4n) is 2.95. The van der Waals surface area contributed by atoms with Crippen molar-refractivity contribution in [1.29, 1.82) is 0 Å². The Morgan fingerprint density at radius 2 is 1.61 bits per heavy atom. The van der Waals surface area contributed by atoms with Crippen LogP contribution in [-0.2, 0) is 19.2 Å². The minimum Gasteiger partial charge on any atom is -0.328 e. The molecule has 2 aliphatic heterocycles. The molecule has 1 atom stereocenters. The number of hydroxylamine groups is 2. The van der Waals surface area contributed by atoms with Crippen molar-refractivity contribution in [2.24, 2.45) is 0 Å². The zero-order valence-corrected chi connectivity index (χ0v) is 16.1. The topological polar surface area (TPSA) is 104 Å². The molecule has 0 bridgehead atoms. The highest BCUT2D eigenvalue weighted by Crippen LogP contribution is 2.29. The van der Waals surface area contributed by atoms with Gasteiger partial charge >= 0.3 is 5.97 Å². The van der Waals surface area contributed by atoms with Crippen molar-refractivity contribution in [1.82, 2.24) is 14.9 Å². The van der Waals surface area contributed by atoms with Gasteiger partial charge in [0, 0.05) is 6.42 Å². The maximum atomic E-state index is 12.9. The third kappa shape index (κ3) is 2.97. The van der Waals surface area contributed by atoms with Gasteiger partial charge in [-0.1, -0.05) is 12.1 Å². The molecule has 0 aliphatic carbocycles. The van der Waals surface area contributed by atoms with Crippen molar-refractivity contribution in [2.75, 3.05) is 14.1 Å². The van der Waals surface area contributed by atoms with Gasteiger partial charge in [0.2, 0.25) is 0 Å². The van der Waals surface area contributed by atoms with Crippen LogP contribution < -0.4 is 0 Å². The number of carbonyl (C=O) groups excluding carboxylic acids is 5. The van der Waals surface area contributed by atoms with Crippen LogP contribution in [0.25, 0.3) is 0 Å². The average Bonchev–Trinajstić information content (AvgIpc) is 2.90. The maximum absolute atomic E-state index is 12.9. The van der Waals surface area contributed by atoms with Gasteiger partial charge < -0.3 is 4.84 Å². The van der Waals surface area contributed by atoms with Gasteiger partial charge in [0.1, 0.15) is 11.6 Å². The Morgan fingerprint density at radius 3 is 2.11 bits per heavy atom. The number of nitrogens with zero attached hydrogens (tertiary/aromatic N) is 3. The lowest BCUT2D eigenvalue weighted by Crippen LogP contribution is -2.58. The quantitative estimate of drug-likeness (QED) is 0.697. The summed E-state index contributed by atoms with van der Waals surface area (Å²) in [6, 6.07) is 5.05. The summed E-state index contributed by atoms with van der Waals surface area (Å²) in [4.78, 5) is 70.3. The summed E-state index contributed by atoms with van der Waals surface area (Å²) < 4.78 is 0. The number of carbonyl (C=O) groups is 5. The molecule has 1 saturated heterocycles. The molecule has 28 heavy (non-hydrogen) atoms. The number of hydrogen-bond acceptors (Lipinski definition) is 7. The van der Waals surface area contributed by atoms with Crippen LogP contribution in [0.1, 0.15) is 47.4 Å². The van der Waals surface area contributed by atoms with Crippen molar-refractivity contribution < 1.29 is 28.8 Å². The second kappa shape index (κ2) is 6.83. The van der Waals surface area contributed by atoms with Gasteiger partial charge in [-0.2, -0.15) is 0 Å². The van der Waals surface area contributed by atoms with E-state index in [1.165, 1.54) is 12.1 Å². The standard InChI is InChI=1S/C19H21N3O6/c1-19(2,20(3)4)18(27)28-22-14(23)10-9-13(17(22)26)21-15(24)11-7-5-6-8-12(11)16(21)25/h5-8,13H,9-10H2,1-4H3/t13-/m0/s1. The van der Waals surface area contributed by atoms with Crippen LogP contribution in [0.4, 0.5) is 0 Å². The molecule has 0 saturated carbocycles. The minimum absolute atomic E-state index is 0.0196. The van der Waals surface area contributed by atoms with Crippen molar-refractivity contribution in [3.63, 3.8) is 0 Å². The van der Waals surface area contributed by atoms with Crippen molar-refractivity contribution in [3.05, 3.63) is 35.4 Å². The van der Waals surface area contributed by atoms with E-state index in [9.17, 15) is 24.0 Å². The molecule has 0 radical (unpaired) electrons. The van der Waals surface area contributed by atoms with Crippen LogP contribution in [-0.4, -0.2) is 70.1 Å². The summed E-state index contributed by atoms with van der Waals surface area (Å²) in [7, 11) is 3.31. The first-order chi connectivity index (χ1) is 13.1. The van der Waals surface area contributed by atoms with Gasteiger partial charge in [0.05, 0.1) is 11.1 Å². The Morgan fingerprint density at radius 1 is 1.07 bits per heavy atom. The lowest BCUT2D eigenvalue weighted by atomic mass is 10.0. The highest BCUT2D eigenvalue weighted by Gasteiger charge is 2.49. The monoisotopic (exact) mass is 387 g/mol. The van der Waals surface area contributed by atoms with Crippen LogP contribution >= 0.6 is 0 Å². The van der Waals surface area contributed by atoms with Crippen LogP contribution in [0.5, 0.6) is 0 Å². The zero-order valence-electron chi connectivity index (χ0n) is 16.1. The number of benzene rings is 1. The van der Waals surface area contributed by atoms with E-state index in [2.05, 4.69) is 0 Å². The summed E-state index contributed by atoms with van der Waals surface area (Å²) >= 11 is 0. The highest BCUT2D eigenvalue weighted by atomic mass is 16.7. The first-order valence-electron chi connectivity index (χ1n) is 8.81. The number of amides is 4. The highest BCUT2D eigenvalue weighted by molar-refractivity contribution is 6.23. The summed E-state index contributed by atoms with van der Waals surface area (Å²) in [6.07, 6.45) is -0.159. The van der Waals surface area contributed by atoms with Crippen molar-refractivity contribution in [3.8, 4) is 0 Å². The van der Waals surface area contributed by atoms with Crippen molar-refractivity contribution >= 4 is 29.6 Å². The van der Waals surface area contributed by atoms with Gasteiger partial charge in [0.25, 0.3) is 23.6 Å². The van der Waals surface area contributed by atoms with Gasteiger partial charge in [-0.3, -0.25) is 29.0 Å². The average molecular weight is 387 g/mol. The van der Waals surface area contributed by atoms with E-state index in [1.807, 2.05) is 0 Å². The molecule has 3 rings (SSSR count). The van der Waals surface area contributed by atoms with E-state index < -0.39 is 41.2 Å². The predicted octanol–water partition coefficient (Wildman–Crippen LogP) is 0.599. The third-order valence-corrected chi connectivity index (χ3v) is 5.27. The summed E-state index contributed by atoms with van der Waals surface area (Å²) in [5.74, 6) is -3.61. The Kier molecular flexibility index (Phi) is 4.80. The normalized spacial score (nSPS) is 20.1. The van der Waals surface area contributed by atoms with Gasteiger partial charge in [-0.25, -0.2) is 4.79 Å². The van der Waals surface area contributed by atoms with E-state index in [0.29, 0.717) is 5.06 Å². The lowest BCUT2D eigenvalue weighted by Gasteiger charge is -2.35.